The number of ketones is 1. The topological polar surface area (TPSA) is 17.1 Å². The van der Waals surface area contributed by atoms with Crippen molar-refractivity contribution >= 4 is 5.78 Å². The van der Waals surface area contributed by atoms with Gasteiger partial charge in [0, 0.05) is 6.42 Å². The molecule has 1 nitrogen and oxygen atoms in total. The van der Waals surface area contributed by atoms with Crippen molar-refractivity contribution < 1.29 is 4.79 Å². The average molecular weight is 286 g/mol. The summed E-state index contributed by atoms with van der Waals surface area (Å²) in [4.78, 5) is 12.0. The van der Waals surface area contributed by atoms with Crippen LogP contribution in [0.2, 0.25) is 0 Å². The van der Waals surface area contributed by atoms with E-state index in [-0.39, 0.29) is 0 Å². The first kappa shape index (κ1) is 14.0. The van der Waals surface area contributed by atoms with Gasteiger partial charge in [0.05, 0.1) is 0 Å². The molecule has 0 saturated heterocycles. The maximum atomic E-state index is 12.0. The van der Waals surface area contributed by atoms with Crippen molar-refractivity contribution in [3.63, 3.8) is 0 Å². The standard InChI is InChI=1S/C20H30O/c1-13-11-15(21)12-14-6-7-16-17-5-4-9-19(17,2)10-8-18(16)20(13,14)3/h12-13,16-18H,4-11H2,1-3H3/t13-,16-,17-,18-,19-,20-/m0/s1. The number of hydrogen-bond acceptors (Lipinski definition) is 1. The monoisotopic (exact) mass is 286 g/mol. The molecule has 0 aromatic carbocycles. The van der Waals surface area contributed by atoms with E-state index in [2.05, 4.69) is 20.8 Å². The molecule has 0 aliphatic heterocycles. The fraction of sp³-hybridized carbons (Fsp3) is 0.850. The Hall–Kier alpha value is -0.590. The summed E-state index contributed by atoms with van der Waals surface area (Å²) in [6, 6.07) is 0. The molecule has 0 bridgehead atoms. The van der Waals surface area contributed by atoms with Gasteiger partial charge in [0.15, 0.2) is 5.78 Å². The molecule has 1 heteroatoms. The lowest BCUT2D eigenvalue weighted by molar-refractivity contribution is -0.120. The first-order chi connectivity index (χ1) is 9.95. The minimum absolute atomic E-state index is 0.320. The van der Waals surface area contributed by atoms with Crippen LogP contribution in [0.5, 0.6) is 0 Å². The predicted molar refractivity (Wildman–Crippen MR) is 85.9 cm³/mol. The van der Waals surface area contributed by atoms with E-state index in [9.17, 15) is 4.79 Å². The summed E-state index contributed by atoms with van der Waals surface area (Å²) >= 11 is 0. The zero-order valence-electron chi connectivity index (χ0n) is 14.0. The smallest absolute Gasteiger partial charge is 0.155 e. The van der Waals surface area contributed by atoms with Crippen LogP contribution in [0.15, 0.2) is 11.6 Å². The van der Waals surface area contributed by atoms with Crippen LogP contribution in [0.3, 0.4) is 0 Å². The Balaban J connectivity index is 1.73. The third-order valence-corrected chi connectivity index (χ3v) is 8.29. The Bertz CT molecular complexity index is 504. The van der Waals surface area contributed by atoms with Gasteiger partial charge >= 0.3 is 0 Å². The lowest BCUT2D eigenvalue weighted by Crippen LogP contribution is -2.52. The number of carbonyl (C=O) groups is 1. The molecule has 21 heavy (non-hydrogen) atoms. The van der Waals surface area contributed by atoms with Crippen LogP contribution in [0.1, 0.15) is 72.1 Å². The summed E-state index contributed by atoms with van der Waals surface area (Å²) in [5.74, 6) is 3.68. The maximum Gasteiger partial charge on any atom is 0.155 e. The lowest BCUT2D eigenvalue weighted by Gasteiger charge is -2.59. The number of carbonyl (C=O) groups excluding carboxylic acids is 1. The zero-order valence-corrected chi connectivity index (χ0v) is 14.0. The second-order valence-electron chi connectivity index (χ2n) is 9.02. The SMILES string of the molecule is C[C@H]1CC(=O)C=C2CC[C@H]3[C@@H]4CCC[C@@]4(C)CC[C@@H]3[C@]21C. The van der Waals surface area contributed by atoms with Gasteiger partial charge in [-0.1, -0.05) is 32.8 Å². The van der Waals surface area contributed by atoms with Gasteiger partial charge in [0.1, 0.15) is 0 Å². The second-order valence-corrected chi connectivity index (χ2v) is 9.02. The van der Waals surface area contributed by atoms with Crippen LogP contribution in [-0.2, 0) is 4.79 Å². The van der Waals surface area contributed by atoms with Gasteiger partial charge in [-0.25, -0.2) is 0 Å². The first-order valence-corrected chi connectivity index (χ1v) is 9.19. The Kier molecular flexibility index (Phi) is 2.98. The fourth-order valence-corrected chi connectivity index (χ4v) is 6.93. The van der Waals surface area contributed by atoms with Gasteiger partial charge in [-0.15, -0.1) is 0 Å². The number of allylic oxidation sites excluding steroid dienone is 1. The third kappa shape index (κ3) is 1.79. The molecule has 6 atom stereocenters. The van der Waals surface area contributed by atoms with Crippen molar-refractivity contribution in [2.75, 3.05) is 0 Å². The molecule has 3 fully saturated rings. The van der Waals surface area contributed by atoms with Crippen molar-refractivity contribution in [3.05, 3.63) is 11.6 Å². The highest BCUT2D eigenvalue weighted by Gasteiger charge is 2.57. The molecule has 3 saturated carbocycles. The van der Waals surface area contributed by atoms with Crippen LogP contribution < -0.4 is 0 Å². The molecule has 0 radical (unpaired) electrons. The molecule has 4 rings (SSSR count). The highest BCUT2D eigenvalue weighted by molar-refractivity contribution is 5.92. The van der Waals surface area contributed by atoms with Crippen molar-refractivity contribution in [1.82, 2.24) is 0 Å². The van der Waals surface area contributed by atoms with Gasteiger partial charge in [0.25, 0.3) is 0 Å². The van der Waals surface area contributed by atoms with Crippen molar-refractivity contribution in [3.8, 4) is 0 Å². The zero-order chi connectivity index (χ0) is 14.8. The van der Waals surface area contributed by atoms with Gasteiger partial charge in [-0.3, -0.25) is 4.79 Å². The van der Waals surface area contributed by atoms with Gasteiger partial charge < -0.3 is 0 Å². The van der Waals surface area contributed by atoms with Crippen LogP contribution in [-0.4, -0.2) is 5.78 Å². The van der Waals surface area contributed by atoms with Crippen LogP contribution in [0.25, 0.3) is 0 Å². The third-order valence-electron chi connectivity index (χ3n) is 8.29. The quantitative estimate of drug-likeness (QED) is 0.601. The minimum atomic E-state index is 0.320. The molecule has 0 heterocycles. The Morgan fingerprint density at radius 2 is 1.90 bits per heavy atom. The second kappa shape index (κ2) is 4.46. The molecule has 0 spiro atoms. The highest BCUT2D eigenvalue weighted by Crippen LogP contribution is 2.66. The molecule has 4 aliphatic carbocycles. The summed E-state index contributed by atoms with van der Waals surface area (Å²) in [6.45, 7) is 7.42. The Labute approximate surface area is 129 Å². The highest BCUT2D eigenvalue weighted by atomic mass is 16.1. The average Bonchev–Trinajstić information content (AvgIpc) is 2.82. The van der Waals surface area contributed by atoms with E-state index in [1.807, 2.05) is 6.08 Å². The van der Waals surface area contributed by atoms with E-state index in [0.29, 0.717) is 22.5 Å². The maximum absolute atomic E-state index is 12.0. The van der Waals surface area contributed by atoms with E-state index in [4.69, 9.17) is 0 Å². The molecule has 0 aromatic heterocycles. The van der Waals surface area contributed by atoms with E-state index in [1.54, 1.807) is 0 Å². The fourth-order valence-electron chi connectivity index (χ4n) is 6.93. The summed E-state index contributed by atoms with van der Waals surface area (Å²) in [6.07, 6.45) is 12.6. The van der Waals surface area contributed by atoms with Crippen molar-refractivity contribution in [2.24, 2.45) is 34.5 Å². The molecule has 0 amide bonds. The molecular weight excluding hydrogens is 256 g/mol. The van der Waals surface area contributed by atoms with Crippen LogP contribution in [0.4, 0.5) is 0 Å². The van der Waals surface area contributed by atoms with E-state index in [0.717, 1.165) is 24.2 Å². The summed E-state index contributed by atoms with van der Waals surface area (Å²) in [5.41, 5.74) is 2.47. The van der Waals surface area contributed by atoms with Crippen LogP contribution >= 0.6 is 0 Å². The number of rotatable bonds is 0. The van der Waals surface area contributed by atoms with E-state index < -0.39 is 0 Å². The largest absolute Gasteiger partial charge is 0.295 e. The van der Waals surface area contributed by atoms with Gasteiger partial charge in [-0.05, 0) is 79.1 Å². The molecule has 4 aliphatic rings. The molecular formula is C20H30O. The van der Waals surface area contributed by atoms with Gasteiger partial charge in [-0.2, -0.15) is 0 Å². The van der Waals surface area contributed by atoms with Gasteiger partial charge in [0.2, 0.25) is 0 Å². The lowest BCUT2D eigenvalue weighted by atomic mass is 9.45. The molecule has 0 unspecified atom stereocenters. The predicted octanol–water partition coefficient (Wildman–Crippen LogP) is 5.15. The normalized spacial score (nSPS) is 52.7. The summed E-state index contributed by atoms with van der Waals surface area (Å²) in [7, 11) is 0. The molecule has 0 aromatic rings. The first-order valence-electron chi connectivity index (χ1n) is 9.19. The molecule has 0 N–H and O–H groups in total. The summed E-state index contributed by atoms with van der Waals surface area (Å²) < 4.78 is 0. The van der Waals surface area contributed by atoms with Crippen LogP contribution in [0, 0.1) is 34.5 Å². The molecule has 116 valence electrons. The minimum Gasteiger partial charge on any atom is -0.295 e. The van der Waals surface area contributed by atoms with Crippen molar-refractivity contribution in [1.29, 1.82) is 0 Å². The summed E-state index contributed by atoms with van der Waals surface area (Å²) in [5, 5.41) is 0. The van der Waals surface area contributed by atoms with Crippen molar-refractivity contribution in [2.45, 2.75) is 72.1 Å². The van der Waals surface area contributed by atoms with E-state index >= 15 is 0 Å². The number of fused-ring (bicyclic) bond motifs is 5. The number of hydrogen-bond donors (Lipinski definition) is 0. The Morgan fingerprint density at radius 1 is 1.10 bits per heavy atom. The van der Waals surface area contributed by atoms with E-state index in [1.165, 1.54) is 50.5 Å². The Morgan fingerprint density at radius 3 is 2.71 bits per heavy atom.